The number of para-hydroxylation sites is 10. The van der Waals surface area contributed by atoms with E-state index in [0.29, 0.717) is 5.75 Å². The minimum Gasteiger partial charge on any atom is -0.458 e. The molecule has 2 aliphatic heterocycles. The van der Waals surface area contributed by atoms with E-state index < -0.39 is 0 Å². The standard InChI is InChI=1S/C48H33BBrN3O.C48H36BrN3O.CH4.W/c50-34-26-29-46-43(30-34)49-42-28-27-40(51(35-16-6-1-7-17-35)36-18-8-2-9-19-36)31-44(42)53(39-24-14-5-15-25-39)45-32-41(33-47(54-46)48(45)49)52(37-20-10-3-11-21-37)38-22-12-4-13-23-38;49-37-29-31-47(32-30-37)53-48-35-45(51(40-21-10-3-11-22-40)41-23-12-4-13-24-41)34-46(36-48)52(42-25-14-5-15-26-42)44-28-16-27-43(33-44)50(38-17-6-1-7-18-38)39-19-8-2-9-20-39;;/h1-33H;1-36H;1H4;. The summed E-state index contributed by atoms with van der Waals surface area (Å²) in [5, 5.41) is 0. The van der Waals surface area contributed by atoms with Crippen LogP contribution in [0.4, 0.5) is 102 Å². The molecule has 0 atom stereocenters. The molecule has 16 aromatic carbocycles. The summed E-state index contributed by atoms with van der Waals surface area (Å²) < 4.78 is 15.6. The second-order valence-electron chi connectivity index (χ2n) is 26.0. The van der Waals surface area contributed by atoms with Crippen molar-refractivity contribution in [2.24, 2.45) is 0 Å². The van der Waals surface area contributed by atoms with E-state index in [1.807, 2.05) is 36.4 Å². The predicted molar refractivity (Wildman–Crippen MR) is 461 cm³/mol. The smallest absolute Gasteiger partial charge is 0.256 e. The normalized spacial score (nSPS) is 11.3. The Balaban J connectivity index is 0.000000170. The Morgan fingerprint density at radius 2 is 0.569 bits per heavy atom. The van der Waals surface area contributed by atoms with Crippen LogP contribution in [0.15, 0.2) is 428 Å². The largest absolute Gasteiger partial charge is 0.458 e. The van der Waals surface area contributed by atoms with E-state index in [-0.39, 0.29) is 35.2 Å². The Morgan fingerprint density at radius 1 is 0.248 bits per heavy atom. The summed E-state index contributed by atoms with van der Waals surface area (Å²) in [6.07, 6.45) is 0. The first-order valence-corrected chi connectivity index (χ1v) is 37.3. The second kappa shape index (κ2) is 33.2. The monoisotopic (exact) mass is 1710 g/mol. The predicted octanol–water partition coefficient (Wildman–Crippen LogP) is 27.1. The molecule has 0 aliphatic carbocycles. The van der Waals surface area contributed by atoms with Crippen molar-refractivity contribution in [3.05, 3.63) is 428 Å². The minimum absolute atomic E-state index is 0. The first-order chi connectivity index (χ1) is 52.9. The molecule has 0 spiro atoms. The van der Waals surface area contributed by atoms with Crippen molar-refractivity contribution in [3.8, 4) is 23.0 Å². The Labute approximate surface area is 669 Å². The molecule has 0 amide bonds. The first kappa shape index (κ1) is 72.2. The van der Waals surface area contributed by atoms with Crippen LogP contribution >= 0.6 is 31.9 Å². The van der Waals surface area contributed by atoms with Gasteiger partial charge in [-0.2, -0.15) is 0 Å². The van der Waals surface area contributed by atoms with Crippen LogP contribution in [0.2, 0.25) is 0 Å². The third-order valence-corrected chi connectivity index (χ3v) is 20.2. The second-order valence-corrected chi connectivity index (χ2v) is 27.8. The summed E-state index contributed by atoms with van der Waals surface area (Å²) in [6.45, 7) is -0.0573. The molecule has 0 fully saturated rings. The molecule has 2 heterocycles. The molecule has 109 heavy (non-hydrogen) atoms. The number of fused-ring (bicyclic) bond motifs is 4. The Hall–Kier alpha value is -12.4. The molecule has 0 radical (unpaired) electrons. The van der Waals surface area contributed by atoms with Gasteiger partial charge < -0.3 is 38.9 Å². The van der Waals surface area contributed by atoms with Crippen molar-refractivity contribution >= 4 is 157 Å². The van der Waals surface area contributed by atoms with Gasteiger partial charge in [-0.25, -0.2) is 0 Å². The van der Waals surface area contributed by atoms with E-state index in [1.54, 1.807) is 0 Å². The maximum atomic E-state index is 6.94. The van der Waals surface area contributed by atoms with E-state index >= 15 is 0 Å². The zero-order valence-corrected chi connectivity index (χ0v) is 64.7. The van der Waals surface area contributed by atoms with Gasteiger partial charge in [-0.1, -0.05) is 233 Å². The van der Waals surface area contributed by atoms with Gasteiger partial charge in [0, 0.05) is 134 Å². The van der Waals surface area contributed by atoms with Crippen molar-refractivity contribution in [1.29, 1.82) is 0 Å². The summed E-state index contributed by atoms with van der Waals surface area (Å²) in [7, 11) is 0. The number of hydrogen-bond donors (Lipinski definition) is 0. The molecule has 2 aliphatic rings. The molecule has 0 bridgehead atoms. The first-order valence-electron chi connectivity index (χ1n) is 35.7. The number of nitrogens with zero attached hydrogens (tertiary/aromatic N) is 6. The summed E-state index contributed by atoms with van der Waals surface area (Å²) in [4.78, 5) is 13.9. The van der Waals surface area contributed by atoms with Gasteiger partial charge in [-0.3, -0.25) is 0 Å². The molecular weight excluding hydrogens is 1640 g/mol. The van der Waals surface area contributed by atoms with Gasteiger partial charge >= 0.3 is 0 Å². The van der Waals surface area contributed by atoms with E-state index in [9.17, 15) is 0 Å². The minimum atomic E-state index is -0.0573. The third kappa shape index (κ3) is 15.4. The molecule has 0 saturated carbocycles. The molecular formula is C97H73BBr2N6O2W. The molecule has 8 nitrogen and oxygen atoms in total. The molecule has 526 valence electrons. The van der Waals surface area contributed by atoms with Crippen molar-refractivity contribution < 1.29 is 30.5 Å². The average Bonchev–Trinajstić information content (AvgIpc) is 0.704. The number of rotatable bonds is 18. The zero-order chi connectivity index (χ0) is 71.8. The molecule has 0 N–H and O–H groups in total. The SMILES string of the molecule is Brc1ccc(Oc2cc(N(c3ccccc3)c3ccccc3)cc(N(c3ccccc3)c3cccc(N(c4ccccc4)c4ccccc4)c3)c2)cc1.Brc1ccc2c(c1)B1c3ccc(N(c4ccccc4)c4ccccc4)cc3N(c3ccccc3)c3cc(N(c4ccccc4)c4ccccc4)cc(c31)O2.C.[W]. The number of benzene rings is 16. The fraction of sp³-hybridized carbons (Fsp3) is 0.0103. The molecule has 18 rings (SSSR count). The Kier molecular flexibility index (Phi) is 22.0. The van der Waals surface area contributed by atoms with E-state index in [2.05, 4.69) is 443 Å². The van der Waals surface area contributed by atoms with Gasteiger partial charge in [0.25, 0.3) is 6.71 Å². The van der Waals surface area contributed by atoms with E-state index in [1.165, 1.54) is 5.46 Å². The third-order valence-electron chi connectivity index (χ3n) is 19.2. The van der Waals surface area contributed by atoms with Gasteiger partial charge in [-0.05, 0) is 223 Å². The van der Waals surface area contributed by atoms with Crippen LogP contribution < -0.4 is 55.3 Å². The Morgan fingerprint density at radius 3 is 0.972 bits per heavy atom. The fourth-order valence-electron chi connectivity index (χ4n) is 14.5. The molecule has 0 aromatic heterocycles. The van der Waals surface area contributed by atoms with E-state index in [4.69, 9.17) is 9.47 Å². The van der Waals surface area contributed by atoms with Crippen LogP contribution in [0.25, 0.3) is 0 Å². The average molecular weight is 1710 g/mol. The number of halogens is 2. The van der Waals surface area contributed by atoms with Gasteiger partial charge in [0.2, 0.25) is 0 Å². The maximum absolute atomic E-state index is 6.94. The van der Waals surface area contributed by atoms with Gasteiger partial charge in [0.15, 0.2) is 0 Å². The van der Waals surface area contributed by atoms with Crippen LogP contribution in [0, 0.1) is 0 Å². The zero-order valence-electron chi connectivity index (χ0n) is 58.6. The topological polar surface area (TPSA) is 37.9 Å². The van der Waals surface area contributed by atoms with Gasteiger partial charge in [-0.15, -0.1) is 0 Å². The van der Waals surface area contributed by atoms with Crippen molar-refractivity contribution in [2.75, 3.05) is 29.4 Å². The number of hydrogen-bond acceptors (Lipinski definition) is 8. The van der Waals surface area contributed by atoms with Crippen LogP contribution in [0.3, 0.4) is 0 Å². The molecule has 16 aromatic rings. The van der Waals surface area contributed by atoms with Gasteiger partial charge in [0.1, 0.15) is 23.0 Å². The van der Waals surface area contributed by atoms with Crippen molar-refractivity contribution in [2.45, 2.75) is 7.43 Å². The van der Waals surface area contributed by atoms with Crippen LogP contribution in [-0.2, 0) is 21.1 Å². The fourth-order valence-corrected chi connectivity index (χ4v) is 15.2. The molecule has 0 unspecified atom stereocenters. The van der Waals surface area contributed by atoms with Crippen LogP contribution in [0.1, 0.15) is 7.43 Å². The number of ether oxygens (including phenoxy) is 2. The van der Waals surface area contributed by atoms with Crippen LogP contribution in [0.5, 0.6) is 23.0 Å². The van der Waals surface area contributed by atoms with Gasteiger partial charge in [0.05, 0.1) is 17.1 Å². The van der Waals surface area contributed by atoms with Crippen molar-refractivity contribution in [3.63, 3.8) is 0 Å². The quantitative estimate of drug-likeness (QED) is 0.0787. The number of anilines is 18. The summed E-state index contributed by atoms with van der Waals surface area (Å²) in [5.74, 6) is 3.18. The summed E-state index contributed by atoms with van der Waals surface area (Å²) in [5.41, 5.74) is 22.4. The Bertz CT molecular complexity index is 5550. The summed E-state index contributed by atoms with van der Waals surface area (Å²) >= 11 is 7.37. The summed E-state index contributed by atoms with van der Waals surface area (Å²) in [6, 6.07) is 146. The molecule has 0 saturated heterocycles. The maximum Gasteiger partial charge on any atom is 0.256 e. The van der Waals surface area contributed by atoms with Crippen molar-refractivity contribution in [1.82, 2.24) is 0 Å². The molecule has 12 heteroatoms. The van der Waals surface area contributed by atoms with Crippen LogP contribution in [-0.4, -0.2) is 6.71 Å². The van der Waals surface area contributed by atoms with E-state index in [0.717, 1.165) is 139 Å².